The Labute approximate surface area is 109 Å². The summed E-state index contributed by atoms with van der Waals surface area (Å²) in [6, 6.07) is 0. The Morgan fingerprint density at radius 1 is 1.32 bits per heavy atom. The molecule has 0 aromatic carbocycles. The van der Waals surface area contributed by atoms with Gasteiger partial charge in [-0.15, -0.1) is 0 Å². The summed E-state index contributed by atoms with van der Waals surface area (Å²) < 4.78 is 8.96. The van der Waals surface area contributed by atoms with Crippen molar-refractivity contribution in [3.05, 3.63) is 24.3 Å². The Bertz CT molecular complexity index is 463. The van der Waals surface area contributed by atoms with E-state index in [0.717, 1.165) is 0 Å². The van der Waals surface area contributed by atoms with Crippen molar-refractivity contribution in [1.29, 1.82) is 0 Å². The van der Waals surface area contributed by atoms with E-state index in [9.17, 15) is 14.4 Å². The molecule has 0 aliphatic heterocycles. The summed E-state index contributed by atoms with van der Waals surface area (Å²) in [6.45, 7) is 1.57. The molecule has 8 heteroatoms. The Balaban J connectivity index is 2.40. The number of aromatic nitrogens is 2. The van der Waals surface area contributed by atoms with Crippen LogP contribution in [0.5, 0.6) is 0 Å². The molecule has 1 heterocycles. The molecule has 0 saturated heterocycles. The highest BCUT2D eigenvalue weighted by Gasteiger charge is 2.17. The lowest BCUT2D eigenvalue weighted by atomic mass is 10.2. The number of nitrogens with zero attached hydrogens (tertiary/aromatic N) is 2. The highest BCUT2D eigenvalue weighted by atomic mass is 16.6. The number of ether oxygens (including phenoxy) is 2. The highest BCUT2D eigenvalue weighted by Crippen LogP contribution is 1.99. The third kappa shape index (κ3) is 4.70. The first-order valence-corrected chi connectivity index (χ1v) is 5.37. The average Bonchev–Trinajstić information content (AvgIpc) is 2.44. The van der Waals surface area contributed by atoms with Crippen LogP contribution in [0.2, 0.25) is 0 Å². The highest BCUT2D eigenvalue weighted by molar-refractivity contribution is 5.95. The fourth-order valence-electron chi connectivity index (χ4n) is 1.10. The molecule has 0 aliphatic rings. The molecule has 19 heavy (non-hydrogen) atoms. The first-order valence-electron chi connectivity index (χ1n) is 5.37. The molecule has 102 valence electrons. The zero-order valence-electron chi connectivity index (χ0n) is 10.5. The van der Waals surface area contributed by atoms with Crippen molar-refractivity contribution in [3.8, 4) is 0 Å². The Kier molecular flexibility index (Phi) is 5.39. The molecule has 0 bridgehead atoms. The normalized spacial score (nSPS) is 11.3. The fraction of sp³-hybridized carbons (Fsp3) is 0.364. The van der Waals surface area contributed by atoms with Crippen molar-refractivity contribution < 1.29 is 23.9 Å². The Hall–Kier alpha value is -2.51. The van der Waals surface area contributed by atoms with E-state index in [4.69, 9.17) is 0 Å². The third-order valence-corrected chi connectivity index (χ3v) is 2.14. The fourth-order valence-corrected chi connectivity index (χ4v) is 1.10. The lowest BCUT2D eigenvalue weighted by molar-refractivity contribution is -0.144. The molecule has 8 nitrogen and oxygen atoms in total. The van der Waals surface area contributed by atoms with Crippen LogP contribution in [0, 0.1) is 5.92 Å². The van der Waals surface area contributed by atoms with Crippen LogP contribution in [-0.2, 0) is 14.3 Å². The molecule has 1 amide bonds. The van der Waals surface area contributed by atoms with Gasteiger partial charge in [0.2, 0.25) is 0 Å². The van der Waals surface area contributed by atoms with Crippen molar-refractivity contribution in [2.24, 2.45) is 5.92 Å². The van der Waals surface area contributed by atoms with Gasteiger partial charge in [0, 0.05) is 18.9 Å². The van der Waals surface area contributed by atoms with Crippen LogP contribution in [0.25, 0.3) is 0 Å². The van der Waals surface area contributed by atoms with E-state index in [1.807, 2.05) is 0 Å². The number of carbonyl (C=O) groups is 3. The Morgan fingerprint density at radius 3 is 2.53 bits per heavy atom. The summed E-state index contributed by atoms with van der Waals surface area (Å²) in [7, 11) is 1.25. The molecule has 0 saturated carbocycles. The number of esters is 2. The largest absolute Gasteiger partial charge is 0.469 e. The van der Waals surface area contributed by atoms with E-state index < -0.39 is 23.9 Å². The number of methoxy groups -OCH3 is 1. The van der Waals surface area contributed by atoms with Gasteiger partial charge in [-0.3, -0.25) is 4.79 Å². The number of hydrogen-bond acceptors (Lipinski definition) is 7. The summed E-state index contributed by atoms with van der Waals surface area (Å²) in [5, 5.41) is 2.27. The molecule has 1 rings (SSSR count). The topological polar surface area (TPSA) is 107 Å². The Morgan fingerprint density at radius 2 is 1.95 bits per heavy atom. The monoisotopic (exact) mass is 267 g/mol. The van der Waals surface area contributed by atoms with E-state index >= 15 is 0 Å². The molecule has 0 fully saturated rings. The molecule has 1 unspecified atom stereocenters. The standard InChI is InChI=1S/C11H13N3O5/c1-7(9(15)18-2)3-14-11(17)19-10(16)8-4-12-6-13-5-8/h4-7H,3H2,1-2H3,(H,14,17). The molecule has 0 spiro atoms. The van der Waals surface area contributed by atoms with Crippen LogP contribution in [0.3, 0.4) is 0 Å². The number of carbonyl (C=O) groups excluding carboxylic acids is 3. The minimum absolute atomic E-state index is 0.00404. The zero-order valence-corrected chi connectivity index (χ0v) is 10.5. The molecule has 0 aliphatic carbocycles. The minimum atomic E-state index is -0.954. The van der Waals surface area contributed by atoms with Crippen LogP contribution in [0.1, 0.15) is 17.3 Å². The van der Waals surface area contributed by atoms with Crippen LogP contribution < -0.4 is 5.32 Å². The quantitative estimate of drug-likeness (QED) is 0.611. The molecule has 1 atom stereocenters. The number of alkyl carbamates (subject to hydrolysis) is 1. The van der Waals surface area contributed by atoms with Gasteiger partial charge in [0.25, 0.3) is 0 Å². The van der Waals surface area contributed by atoms with Crippen molar-refractivity contribution >= 4 is 18.0 Å². The van der Waals surface area contributed by atoms with Crippen LogP contribution in [-0.4, -0.2) is 41.7 Å². The van der Waals surface area contributed by atoms with E-state index in [1.165, 1.54) is 25.8 Å². The predicted molar refractivity (Wildman–Crippen MR) is 62.0 cm³/mol. The summed E-state index contributed by atoms with van der Waals surface area (Å²) in [5.74, 6) is -1.88. The van der Waals surface area contributed by atoms with Crippen molar-refractivity contribution in [3.63, 3.8) is 0 Å². The number of hydrogen-bond donors (Lipinski definition) is 1. The average molecular weight is 267 g/mol. The maximum absolute atomic E-state index is 11.4. The first-order chi connectivity index (χ1) is 9.04. The first kappa shape index (κ1) is 14.6. The summed E-state index contributed by atoms with van der Waals surface area (Å²) in [6.07, 6.45) is 2.73. The van der Waals surface area contributed by atoms with E-state index in [-0.39, 0.29) is 12.1 Å². The van der Waals surface area contributed by atoms with Gasteiger partial charge in [0.15, 0.2) is 0 Å². The van der Waals surface area contributed by atoms with Crippen molar-refractivity contribution in [2.75, 3.05) is 13.7 Å². The smallest absolute Gasteiger partial charge is 0.415 e. The maximum atomic E-state index is 11.4. The lowest BCUT2D eigenvalue weighted by Crippen LogP contribution is -2.33. The third-order valence-electron chi connectivity index (χ3n) is 2.14. The van der Waals surface area contributed by atoms with Crippen LogP contribution in [0.15, 0.2) is 18.7 Å². The van der Waals surface area contributed by atoms with Gasteiger partial charge in [-0.1, -0.05) is 6.92 Å². The number of rotatable bonds is 4. The second kappa shape index (κ2) is 7.04. The van der Waals surface area contributed by atoms with Gasteiger partial charge in [-0.05, 0) is 0 Å². The lowest BCUT2D eigenvalue weighted by Gasteiger charge is -2.09. The number of amides is 1. The summed E-state index contributed by atoms with van der Waals surface area (Å²) >= 11 is 0. The summed E-state index contributed by atoms with van der Waals surface area (Å²) in [4.78, 5) is 41.0. The molecule has 1 aromatic heterocycles. The van der Waals surface area contributed by atoms with Crippen LogP contribution in [0.4, 0.5) is 4.79 Å². The molecule has 1 aromatic rings. The van der Waals surface area contributed by atoms with Gasteiger partial charge in [0.1, 0.15) is 6.33 Å². The van der Waals surface area contributed by atoms with E-state index in [1.54, 1.807) is 6.92 Å². The zero-order chi connectivity index (χ0) is 14.3. The van der Waals surface area contributed by atoms with E-state index in [0.29, 0.717) is 0 Å². The van der Waals surface area contributed by atoms with Crippen LogP contribution >= 0.6 is 0 Å². The molecular weight excluding hydrogens is 254 g/mol. The van der Waals surface area contributed by atoms with Crippen molar-refractivity contribution in [2.45, 2.75) is 6.92 Å². The second-order valence-corrected chi connectivity index (χ2v) is 3.61. The second-order valence-electron chi connectivity index (χ2n) is 3.61. The van der Waals surface area contributed by atoms with Gasteiger partial charge in [0.05, 0.1) is 18.6 Å². The van der Waals surface area contributed by atoms with E-state index in [2.05, 4.69) is 24.8 Å². The molecule has 1 N–H and O–H groups in total. The van der Waals surface area contributed by atoms with Gasteiger partial charge < -0.3 is 14.8 Å². The molecular formula is C11H13N3O5. The molecule has 0 radical (unpaired) electrons. The van der Waals surface area contributed by atoms with Gasteiger partial charge in [-0.2, -0.15) is 0 Å². The SMILES string of the molecule is COC(=O)C(C)CNC(=O)OC(=O)c1cncnc1. The van der Waals surface area contributed by atoms with Gasteiger partial charge >= 0.3 is 18.0 Å². The minimum Gasteiger partial charge on any atom is -0.469 e. The predicted octanol–water partition coefficient (Wildman–Crippen LogP) is 0.152. The summed E-state index contributed by atoms with van der Waals surface area (Å²) in [5.41, 5.74) is 0.0543. The number of nitrogens with one attached hydrogen (secondary N) is 1. The maximum Gasteiger partial charge on any atom is 0.415 e. The van der Waals surface area contributed by atoms with Crippen molar-refractivity contribution in [1.82, 2.24) is 15.3 Å². The van der Waals surface area contributed by atoms with Gasteiger partial charge in [-0.25, -0.2) is 19.6 Å².